The van der Waals surface area contributed by atoms with Crippen LogP contribution >= 0.6 is 0 Å². The SMILES string of the molecule is O=C(c1ccc(C(F)(F)F)cc1)N1CCC(C(=O)N2CCC(c3ccccc3)CC2)CC1. The number of hydrogen-bond acceptors (Lipinski definition) is 2. The number of halogens is 3. The van der Waals surface area contributed by atoms with Crippen molar-refractivity contribution in [2.75, 3.05) is 26.2 Å². The molecule has 2 heterocycles. The average molecular weight is 444 g/mol. The Morgan fingerprint density at radius 1 is 0.750 bits per heavy atom. The number of nitrogens with zero attached hydrogens (tertiary/aromatic N) is 2. The summed E-state index contributed by atoms with van der Waals surface area (Å²) in [7, 11) is 0. The summed E-state index contributed by atoms with van der Waals surface area (Å²) in [6.07, 6.45) is -1.33. The molecular formula is C25H27F3N2O2. The van der Waals surface area contributed by atoms with Crippen LogP contribution in [-0.4, -0.2) is 47.8 Å². The van der Waals surface area contributed by atoms with E-state index in [1.54, 1.807) is 4.90 Å². The molecular weight excluding hydrogens is 417 g/mol. The van der Waals surface area contributed by atoms with Gasteiger partial charge in [0.25, 0.3) is 5.91 Å². The molecule has 0 N–H and O–H groups in total. The van der Waals surface area contributed by atoms with Crippen LogP contribution in [0.4, 0.5) is 13.2 Å². The Balaban J connectivity index is 1.27. The molecule has 0 spiro atoms. The Hall–Kier alpha value is -2.83. The summed E-state index contributed by atoms with van der Waals surface area (Å²) in [5.41, 5.74) is 0.801. The molecule has 170 valence electrons. The van der Waals surface area contributed by atoms with Crippen molar-refractivity contribution in [1.82, 2.24) is 9.80 Å². The van der Waals surface area contributed by atoms with Gasteiger partial charge in [0.05, 0.1) is 5.56 Å². The van der Waals surface area contributed by atoms with Gasteiger partial charge in [0, 0.05) is 37.7 Å². The molecule has 0 saturated carbocycles. The van der Waals surface area contributed by atoms with Crippen molar-refractivity contribution in [2.45, 2.75) is 37.8 Å². The predicted octanol–water partition coefficient (Wildman–Crippen LogP) is 4.96. The van der Waals surface area contributed by atoms with E-state index in [0.717, 1.165) is 38.1 Å². The number of hydrogen-bond donors (Lipinski definition) is 0. The van der Waals surface area contributed by atoms with Gasteiger partial charge >= 0.3 is 6.18 Å². The highest BCUT2D eigenvalue weighted by Crippen LogP contribution is 2.31. The molecule has 2 amide bonds. The van der Waals surface area contributed by atoms with Gasteiger partial charge in [0.1, 0.15) is 0 Å². The molecule has 2 saturated heterocycles. The van der Waals surface area contributed by atoms with Crippen LogP contribution in [-0.2, 0) is 11.0 Å². The molecule has 2 fully saturated rings. The van der Waals surface area contributed by atoms with E-state index >= 15 is 0 Å². The zero-order valence-electron chi connectivity index (χ0n) is 17.9. The second-order valence-corrected chi connectivity index (χ2v) is 8.65. The molecule has 32 heavy (non-hydrogen) atoms. The molecule has 0 aliphatic carbocycles. The van der Waals surface area contributed by atoms with Crippen molar-refractivity contribution in [3.8, 4) is 0 Å². The molecule has 0 aromatic heterocycles. The maximum Gasteiger partial charge on any atom is 0.416 e. The van der Waals surface area contributed by atoms with Gasteiger partial charge in [-0.2, -0.15) is 13.2 Å². The summed E-state index contributed by atoms with van der Waals surface area (Å²) >= 11 is 0. The topological polar surface area (TPSA) is 40.6 Å². The highest BCUT2D eigenvalue weighted by molar-refractivity contribution is 5.94. The lowest BCUT2D eigenvalue weighted by atomic mass is 9.88. The molecule has 7 heteroatoms. The molecule has 2 aliphatic rings. The standard InChI is InChI=1S/C25H27F3N2O2/c26-25(27,28)22-8-6-20(7-9-22)23(31)30-16-12-21(13-17-30)24(32)29-14-10-19(11-15-29)18-4-2-1-3-5-18/h1-9,19,21H,10-17H2. The number of benzene rings is 2. The Kier molecular flexibility index (Phi) is 6.53. The summed E-state index contributed by atoms with van der Waals surface area (Å²) in [6.45, 7) is 2.39. The van der Waals surface area contributed by atoms with E-state index < -0.39 is 11.7 Å². The molecule has 2 aromatic rings. The Morgan fingerprint density at radius 2 is 1.31 bits per heavy atom. The van der Waals surface area contributed by atoms with E-state index in [1.807, 2.05) is 23.1 Å². The van der Waals surface area contributed by atoms with Gasteiger partial charge in [0.2, 0.25) is 5.91 Å². The third-order valence-corrected chi connectivity index (χ3v) is 6.67. The third kappa shape index (κ3) is 4.97. The van der Waals surface area contributed by atoms with Crippen LogP contribution in [0.25, 0.3) is 0 Å². The first-order valence-corrected chi connectivity index (χ1v) is 11.1. The van der Waals surface area contributed by atoms with E-state index in [-0.39, 0.29) is 23.3 Å². The second kappa shape index (κ2) is 9.35. The first kappa shape index (κ1) is 22.4. The van der Waals surface area contributed by atoms with Crippen LogP contribution in [0.1, 0.15) is 53.1 Å². The Labute approximate surface area is 186 Å². The monoisotopic (exact) mass is 444 g/mol. The van der Waals surface area contributed by atoms with Crippen molar-refractivity contribution in [2.24, 2.45) is 5.92 Å². The Morgan fingerprint density at radius 3 is 1.88 bits per heavy atom. The van der Waals surface area contributed by atoms with Crippen LogP contribution in [0.3, 0.4) is 0 Å². The second-order valence-electron chi connectivity index (χ2n) is 8.65. The summed E-state index contributed by atoms with van der Waals surface area (Å²) in [4.78, 5) is 29.2. The van der Waals surface area contributed by atoms with Crippen molar-refractivity contribution < 1.29 is 22.8 Å². The van der Waals surface area contributed by atoms with Crippen molar-refractivity contribution in [3.05, 3.63) is 71.3 Å². The number of carbonyl (C=O) groups is 2. The molecule has 4 rings (SSSR count). The lowest BCUT2D eigenvalue weighted by Gasteiger charge is -2.37. The summed E-state index contributed by atoms with van der Waals surface area (Å²) in [6, 6.07) is 14.7. The van der Waals surface area contributed by atoms with Gasteiger partial charge in [0.15, 0.2) is 0 Å². The quantitative estimate of drug-likeness (QED) is 0.671. The number of amides is 2. The molecule has 0 radical (unpaired) electrons. The largest absolute Gasteiger partial charge is 0.416 e. The molecule has 4 nitrogen and oxygen atoms in total. The van der Waals surface area contributed by atoms with Gasteiger partial charge in [-0.05, 0) is 61.4 Å². The van der Waals surface area contributed by atoms with Crippen molar-refractivity contribution >= 4 is 11.8 Å². The molecule has 0 atom stereocenters. The van der Waals surface area contributed by atoms with Crippen LogP contribution in [0.2, 0.25) is 0 Å². The smallest absolute Gasteiger partial charge is 0.342 e. The number of piperidine rings is 2. The van der Waals surface area contributed by atoms with E-state index in [9.17, 15) is 22.8 Å². The number of rotatable bonds is 3. The van der Waals surface area contributed by atoms with Gasteiger partial charge in [-0.25, -0.2) is 0 Å². The average Bonchev–Trinajstić information content (AvgIpc) is 2.83. The molecule has 0 bridgehead atoms. The minimum absolute atomic E-state index is 0.0973. The molecule has 2 aliphatic heterocycles. The van der Waals surface area contributed by atoms with Crippen LogP contribution in [0.15, 0.2) is 54.6 Å². The van der Waals surface area contributed by atoms with Crippen LogP contribution in [0, 0.1) is 5.92 Å². The zero-order valence-corrected chi connectivity index (χ0v) is 17.9. The number of likely N-dealkylation sites (tertiary alicyclic amines) is 2. The maximum absolute atomic E-state index is 13.0. The maximum atomic E-state index is 13.0. The summed E-state index contributed by atoms with van der Waals surface area (Å²) < 4.78 is 38.2. The number of carbonyl (C=O) groups excluding carboxylic acids is 2. The van der Waals surface area contributed by atoms with E-state index in [1.165, 1.54) is 17.7 Å². The summed E-state index contributed by atoms with van der Waals surface area (Å²) in [5, 5.41) is 0. The lowest BCUT2D eigenvalue weighted by Crippen LogP contribution is -2.46. The fourth-order valence-corrected chi connectivity index (χ4v) is 4.73. The van der Waals surface area contributed by atoms with E-state index in [0.29, 0.717) is 31.8 Å². The van der Waals surface area contributed by atoms with Gasteiger partial charge < -0.3 is 9.80 Å². The fraction of sp³-hybridized carbons (Fsp3) is 0.440. The summed E-state index contributed by atoms with van der Waals surface area (Å²) in [5.74, 6) is 0.273. The zero-order chi connectivity index (χ0) is 22.7. The fourth-order valence-electron chi connectivity index (χ4n) is 4.73. The Bertz CT molecular complexity index is 928. The highest BCUT2D eigenvalue weighted by atomic mass is 19.4. The minimum Gasteiger partial charge on any atom is -0.342 e. The first-order valence-electron chi connectivity index (χ1n) is 11.1. The predicted molar refractivity (Wildman–Crippen MR) is 115 cm³/mol. The van der Waals surface area contributed by atoms with Gasteiger partial charge in [-0.3, -0.25) is 9.59 Å². The first-order chi connectivity index (χ1) is 15.3. The van der Waals surface area contributed by atoms with E-state index in [2.05, 4.69) is 12.1 Å². The normalized spacial score (nSPS) is 18.6. The van der Waals surface area contributed by atoms with Crippen LogP contribution < -0.4 is 0 Å². The van der Waals surface area contributed by atoms with Gasteiger partial charge in [-0.15, -0.1) is 0 Å². The minimum atomic E-state index is -4.42. The molecule has 0 unspecified atom stereocenters. The van der Waals surface area contributed by atoms with Gasteiger partial charge in [-0.1, -0.05) is 30.3 Å². The highest BCUT2D eigenvalue weighted by Gasteiger charge is 2.33. The third-order valence-electron chi connectivity index (χ3n) is 6.67. The molecule has 2 aromatic carbocycles. The van der Waals surface area contributed by atoms with Crippen LogP contribution in [0.5, 0.6) is 0 Å². The lowest BCUT2D eigenvalue weighted by molar-refractivity contribution is -0.138. The number of alkyl halides is 3. The van der Waals surface area contributed by atoms with Crippen molar-refractivity contribution in [3.63, 3.8) is 0 Å². The van der Waals surface area contributed by atoms with E-state index in [4.69, 9.17) is 0 Å². The van der Waals surface area contributed by atoms with Crippen molar-refractivity contribution in [1.29, 1.82) is 0 Å².